The zero-order valence-electron chi connectivity index (χ0n) is 16.0. The van der Waals surface area contributed by atoms with Crippen LogP contribution >= 0.6 is 0 Å². The lowest BCUT2D eigenvalue weighted by Gasteiger charge is -2.24. The highest BCUT2D eigenvalue weighted by molar-refractivity contribution is 5.67. The molecule has 130 valence electrons. The van der Waals surface area contributed by atoms with Gasteiger partial charge in [-0.1, -0.05) is 41.5 Å². The van der Waals surface area contributed by atoms with E-state index in [1.807, 2.05) is 20.8 Å². The molecule has 0 heterocycles. The molecule has 22 heavy (non-hydrogen) atoms. The Bertz CT molecular complexity index is 380. The van der Waals surface area contributed by atoms with Crippen molar-refractivity contribution in [1.29, 1.82) is 0 Å². The van der Waals surface area contributed by atoms with Crippen molar-refractivity contribution < 1.29 is 9.53 Å². The number of amides is 1. The summed E-state index contributed by atoms with van der Waals surface area (Å²) < 4.78 is 5.30. The normalized spacial score (nSPS) is 21.5. The Morgan fingerprint density at radius 3 is 1.95 bits per heavy atom. The molecule has 4 nitrogen and oxygen atoms in total. The number of hydrogen-bond donors (Lipinski definition) is 2. The highest BCUT2D eigenvalue weighted by Gasteiger charge is 2.64. The van der Waals surface area contributed by atoms with Crippen LogP contribution in [0.15, 0.2) is 0 Å². The zero-order valence-corrected chi connectivity index (χ0v) is 16.0. The molecular weight excluding hydrogens is 276 g/mol. The van der Waals surface area contributed by atoms with E-state index in [2.05, 4.69) is 52.2 Å². The summed E-state index contributed by atoms with van der Waals surface area (Å²) in [6.45, 7) is 20.9. The first-order valence-electron chi connectivity index (χ1n) is 8.49. The van der Waals surface area contributed by atoms with Crippen molar-refractivity contribution >= 4 is 6.09 Å². The van der Waals surface area contributed by atoms with Crippen LogP contribution in [-0.2, 0) is 4.74 Å². The van der Waals surface area contributed by atoms with Crippen molar-refractivity contribution in [3.63, 3.8) is 0 Å². The Morgan fingerprint density at radius 2 is 1.59 bits per heavy atom. The van der Waals surface area contributed by atoms with Crippen LogP contribution < -0.4 is 10.6 Å². The lowest BCUT2D eigenvalue weighted by Crippen LogP contribution is -2.40. The molecule has 0 radical (unpaired) electrons. The molecule has 0 aliphatic heterocycles. The highest BCUT2D eigenvalue weighted by Crippen LogP contribution is 2.62. The largest absolute Gasteiger partial charge is 0.444 e. The van der Waals surface area contributed by atoms with Gasteiger partial charge in [-0.2, -0.15) is 0 Å². The predicted molar refractivity (Wildman–Crippen MR) is 91.9 cm³/mol. The minimum Gasteiger partial charge on any atom is -0.444 e. The number of carbonyl (C=O) groups excluding carboxylic acids is 1. The fraction of sp³-hybridized carbons (Fsp3) is 0.944. The van der Waals surface area contributed by atoms with Gasteiger partial charge in [-0.25, -0.2) is 4.79 Å². The van der Waals surface area contributed by atoms with Crippen molar-refractivity contribution in [3.05, 3.63) is 0 Å². The molecular formula is C18H36N2O2. The zero-order chi connectivity index (χ0) is 17.3. The van der Waals surface area contributed by atoms with Gasteiger partial charge in [0, 0.05) is 19.1 Å². The van der Waals surface area contributed by atoms with Gasteiger partial charge in [-0.15, -0.1) is 0 Å². The van der Waals surface area contributed by atoms with Crippen molar-refractivity contribution in [3.8, 4) is 0 Å². The molecule has 2 N–H and O–H groups in total. The van der Waals surface area contributed by atoms with E-state index < -0.39 is 5.60 Å². The monoisotopic (exact) mass is 312 g/mol. The van der Waals surface area contributed by atoms with Gasteiger partial charge in [0.25, 0.3) is 0 Å². The van der Waals surface area contributed by atoms with Crippen LogP contribution in [0.3, 0.4) is 0 Å². The third kappa shape index (κ3) is 4.61. The van der Waals surface area contributed by atoms with E-state index in [1.54, 1.807) is 0 Å². The number of alkyl carbamates (subject to hydrolysis) is 1. The quantitative estimate of drug-likeness (QED) is 0.784. The molecule has 1 amide bonds. The summed E-state index contributed by atoms with van der Waals surface area (Å²) >= 11 is 0. The average molecular weight is 312 g/mol. The third-order valence-corrected chi connectivity index (χ3v) is 5.46. The first kappa shape index (κ1) is 19.3. The maximum atomic E-state index is 11.8. The van der Waals surface area contributed by atoms with Gasteiger partial charge in [0.2, 0.25) is 0 Å². The summed E-state index contributed by atoms with van der Waals surface area (Å²) in [4.78, 5) is 11.8. The van der Waals surface area contributed by atoms with Crippen LogP contribution in [0, 0.1) is 22.7 Å². The van der Waals surface area contributed by atoms with Crippen LogP contribution in [0.25, 0.3) is 0 Å². The van der Waals surface area contributed by atoms with Crippen LogP contribution in [-0.4, -0.2) is 30.8 Å². The minimum absolute atomic E-state index is 0.328. The number of nitrogens with one attached hydrogen (secondary N) is 2. The molecule has 1 aliphatic rings. The van der Waals surface area contributed by atoms with Gasteiger partial charge in [-0.3, -0.25) is 0 Å². The molecule has 4 heteroatoms. The molecule has 0 spiro atoms. The Balaban J connectivity index is 2.43. The standard InChI is InChI=1S/C18H36N2O2/c1-12(2)13(11-20-15(21)22-16(3,4)5)10-19-14-17(6,7)18(14,8)9/h12-14,19H,10-11H2,1-9H3,(H,20,21). The predicted octanol–water partition coefficient (Wildman–Crippen LogP) is 3.81. The highest BCUT2D eigenvalue weighted by atomic mass is 16.6. The summed E-state index contributed by atoms with van der Waals surface area (Å²) in [5.74, 6) is 0.909. The Hall–Kier alpha value is -0.770. The first-order valence-corrected chi connectivity index (χ1v) is 8.49. The van der Waals surface area contributed by atoms with Crippen LogP contribution in [0.5, 0.6) is 0 Å². The van der Waals surface area contributed by atoms with Crippen molar-refractivity contribution in [2.24, 2.45) is 22.7 Å². The summed E-state index contributed by atoms with van der Waals surface area (Å²) in [5.41, 5.74) is 0.234. The van der Waals surface area contributed by atoms with E-state index >= 15 is 0 Å². The molecule has 0 bridgehead atoms. The van der Waals surface area contributed by atoms with Crippen LogP contribution in [0.2, 0.25) is 0 Å². The lowest BCUT2D eigenvalue weighted by atomic mass is 9.95. The van der Waals surface area contributed by atoms with Crippen LogP contribution in [0.1, 0.15) is 62.3 Å². The van der Waals surface area contributed by atoms with Crippen molar-refractivity contribution in [2.45, 2.75) is 74.0 Å². The van der Waals surface area contributed by atoms with Gasteiger partial charge < -0.3 is 15.4 Å². The molecule has 0 saturated heterocycles. The van der Waals surface area contributed by atoms with Crippen molar-refractivity contribution in [1.82, 2.24) is 10.6 Å². The molecule has 1 atom stereocenters. The van der Waals surface area contributed by atoms with E-state index in [0.717, 1.165) is 6.54 Å². The molecule has 1 saturated carbocycles. The second-order valence-electron chi connectivity index (χ2n) is 9.17. The molecule has 1 rings (SSSR count). The fourth-order valence-electron chi connectivity index (χ4n) is 3.05. The van der Waals surface area contributed by atoms with Gasteiger partial charge >= 0.3 is 6.09 Å². The van der Waals surface area contributed by atoms with E-state index in [0.29, 0.717) is 35.3 Å². The summed E-state index contributed by atoms with van der Waals surface area (Å²) in [6, 6.07) is 0.544. The van der Waals surface area contributed by atoms with Gasteiger partial charge in [-0.05, 0) is 43.4 Å². The molecule has 1 unspecified atom stereocenters. The third-order valence-electron chi connectivity index (χ3n) is 5.46. The van der Waals surface area contributed by atoms with E-state index in [-0.39, 0.29) is 6.09 Å². The Morgan fingerprint density at radius 1 is 1.09 bits per heavy atom. The fourth-order valence-corrected chi connectivity index (χ4v) is 3.05. The summed E-state index contributed by atoms with van der Waals surface area (Å²) in [6.07, 6.45) is -0.328. The van der Waals surface area contributed by atoms with Gasteiger partial charge in [0.1, 0.15) is 5.60 Å². The Kier molecular flexibility index (Phi) is 5.59. The maximum absolute atomic E-state index is 11.8. The maximum Gasteiger partial charge on any atom is 0.407 e. The molecule has 1 aliphatic carbocycles. The van der Waals surface area contributed by atoms with E-state index in [9.17, 15) is 4.79 Å². The molecule has 0 aromatic carbocycles. The molecule has 0 aromatic rings. The van der Waals surface area contributed by atoms with Crippen molar-refractivity contribution in [2.75, 3.05) is 13.1 Å². The second-order valence-corrected chi connectivity index (χ2v) is 9.17. The smallest absolute Gasteiger partial charge is 0.407 e. The average Bonchev–Trinajstić information content (AvgIpc) is 2.67. The lowest BCUT2D eigenvalue weighted by molar-refractivity contribution is 0.0514. The molecule has 0 aromatic heterocycles. The summed E-state index contributed by atoms with van der Waals surface area (Å²) in [7, 11) is 0. The number of rotatable bonds is 6. The number of hydrogen-bond acceptors (Lipinski definition) is 3. The van der Waals surface area contributed by atoms with Gasteiger partial charge in [0.15, 0.2) is 0 Å². The number of carbonyl (C=O) groups is 1. The first-order chi connectivity index (χ1) is 9.79. The Labute approximate surface area is 136 Å². The second kappa shape index (κ2) is 6.38. The topological polar surface area (TPSA) is 50.4 Å². The minimum atomic E-state index is -0.447. The SMILES string of the molecule is CC(C)C(CNC(=O)OC(C)(C)C)CNC1C(C)(C)C1(C)C. The van der Waals surface area contributed by atoms with E-state index in [1.165, 1.54) is 0 Å². The summed E-state index contributed by atoms with van der Waals surface area (Å²) in [5, 5.41) is 6.60. The van der Waals surface area contributed by atoms with Crippen LogP contribution in [0.4, 0.5) is 4.79 Å². The molecule has 1 fully saturated rings. The van der Waals surface area contributed by atoms with E-state index in [4.69, 9.17) is 4.74 Å². The number of ether oxygens (including phenoxy) is 1. The van der Waals surface area contributed by atoms with Gasteiger partial charge in [0.05, 0.1) is 0 Å².